The smallest absolute Gasteiger partial charge is 0.252 e. The largest absolute Gasteiger partial charge is 0.467 e. The lowest BCUT2D eigenvalue weighted by atomic mass is 10.2. The van der Waals surface area contributed by atoms with Crippen molar-refractivity contribution >= 4 is 5.91 Å². The molecule has 0 bridgehead atoms. The fourth-order valence-electron chi connectivity index (χ4n) is 1.39. The van der Waals surface area contributed by atoms with Crippen molar-refractivity contribution in [2.75, 3.05) is 0 Å². The maximum Gasteiger partial charge on any atom is 0.252 e. The van der Waals surface area contributed by atoms with Crippen LogP contribution in [0, 0.1) is 0 Å². The van der Waals surface area contributed by atoms with Crippen molar-refractivity contribution in [2.24, 2.45) is 5.11 Å². The van der Waals surface area contributed by atoms with Gasteiger partial charge in [0.2, 0.25) is 0 Å². The quantitative estimate of drug-likeness (QED) is 0.448. The van der Waals surface area contributed by atoms with Crippen molar-refractivity contribution in [3.05, 3.63) is 58.6 Å². The summed E-state index contributed by atoms with van der Waals surface area (Å²) >= 11 is 0. The summed E-state index contributed by atoms with van der Waals surface area (Å²) in [5.41, 5.74) is 8.48. The van der Waals surface area contributed by atoms with Gasteiger partial charge in [-0.2, -0.15) is 0 Å². The molecule has 0 N–H and O–H groups in total. The van der Waals surface area contributed by atoms with E-state index in [-0.39, 0.29) is 0 Å². The van der Waals surface area contributed by atoms with E-state index in [9.17, 15) is 4.79 Å². The molecule has 0 aliphatic heterocycles. The van der Waals surface area contributed by atoms with Crippen molar-refractivity contribution in [1.82, 2.24) is 4.57 Å². The second-order valence-corrected chi connectivity index (χ2v) is 3.11. The number of hydrogen-bond acceptors (Lipinski definition) is 2. The minimum Gasteiger partial charge on any atom is -0.467 e. The van der Waals surface area contributed by atoms with Crippen LogP contribution in [0.15, 0.2) is 46.4 Å². The number of hydrogen-bond donors (Lipinski definition) is 0. The maximum atomic E-state index is 11.4. The fraction of sp³-hybridized carbons (Fsp3) is 0.100. The second kappa shape index (κ2) is 4.37. The first-order valence-corrected chi connectivity index (χ1v) is 4.58. The van der Waals surface area contributed by atoms with Crippen LogP contribution in [0.1, 0.15) is 16.1 Å². The molecule has 0 saturated heterocycles. The number of amides is 1. The highest BCUT2D eigenvalue weighted by Gasteiger charge is 2.12. The average molecular weight is 216 g/mol. The lowest BCUT2D eigenvalue weighted by Crippen LogP contribution is -2.01. The zero-order valence-corrected chi connectivity index (χ0v) is 8.28. The summed E-state index contributed by atoms with van der Waals surface area (Å²) < 4.78 is 7.03. The normalized spacial score (nSPS) is 9.75. The van der Waals surface area contributed by atoms with E-state index in [2.05, 4.69) is 10.0 Å². The van der Waals surface area contributed by atoms with Crippen LogP contribution in [0.3, 0.4) is 0 Å². The predicted octanol–water partition coefficient (Wildman–Crippen LogP) is 2.58. The highest BCUT2D eigenvalue weighted by molar-refractivity contribution is 5.95. The molecule has 2 aromatic rings. The van der Waals surface area contributed by atoms with Crippen molar-refractivity contribution in [3.8, 4) is 0 Å². The summed E-state index contributed by atoms with van der Waals surface area (Å²) in [4.78, 5) is 13.8. The van der Waals surface area contributed by atoms with E-state index in [1.807, 2.05) is 29.1 Å². The topological polar surface area (TPSA) is 83.9 Å². The molecule has 2 heterocycles. The molecule has 0 atom stereocenters. The molecule has 0 fully saturated rings. The molecule has 0 aliphatic rings. The Morgan fingerprint density at radius 3 is 2.94 bits per heavy atom. The van der Waals surface area contributed by atoms with Crippen molar-refractivity contribution in [1.29, 1.82) is 0 Å². The Hall–Kier alpha value is -2.46. The average Bonchev–Trinajstić information content (AvgIpc) is 2.90. The second-order valence-electron chi connectivity index (χ2n) is 3.11. The van der Waals surface area contributed by atoms with Gasteiger partial charge < -0.3 is 8.98 Å². The van der Waals surface area contributed by atoms with Crippen molar-refractivity contribution in [3.63, 3.8) is 0 Å². The Labute approximate surface area is 90.7 Å². The van der Waals surface area contributed by atoms with E-state index in [1.165, 1.54) is 12.3 Å². The van der Waals surface area contributed by atoms with Crippen LogP contribution in [0.25, 0.3) is 10.4 Å². The highest BCUT2D eigenvalue weighted by atomic mass is 16.3. The number of nitrogens with zero attached hydrogens (tertiary/aromatic N) is 4. The van der Waals surface area contributed by atoms with Crippen LogP contribution < -0.4 is 0 Å². The first-order chi connectivity index (χ1) is 7.81. The predicted molar refractivity (Wildman–Crippen MR) is 55.7 cm³/mol. The zero-order chi connectivity index (χ0) is 11.4. The number of carbonyl (C=O) groups is 1. The first kappa shape index (κ1) is 10.1. The third-order valence-corrected chi connectivity index (χ3v) is 2.10. The molecular weight excluding hydrogens is 208 g/mol. The summed E-state index contributed by atoms with van der Waals surface area (Å²) in [5.74, 6) is -0.146. The summed E-state index contributed by atoms with van der Waals surface area (Å²) in [5, 5.41) is 3.03. The summed E-state index contributed by atoms with van der Waals surface area (Å²) in [6.07, 6.45) is 5.10. The van der Waals surface area contributed by atoms with Crippen molar-refractivity contribution in [2.45, 2.75) is 6.54 Å². The Morgan fingerprint density at radius 1 is 1.50 bits per heavy atom. The molecule has 6 heteroatoms. The number of rotatable bonds is 3. The van der Waals surface area contributed by atoms with E-state index in [1.54, 1.807) is 0 Å². The van der Waals surface area contributed by atoms with Crippen molar-refractivity contribution < 1.29 is 9.21 Å². The Kier molecular flexibility index (Phi) is 2.75. The summed E-state index contributed by atoms with van der Waals surface area (Å²) in [7, 11) is 0. The lowest BCUT2D eigenvalue weighted by Gasteiger charge is -2.00. The van der Waals surface area contributed by atoms with Gasteiger partial charge in [-0.1, -0.05) is 0 Å². The van der Waals surface area contributed by atoms with Gasteiger partial charge in [0.15, 0.2) is 0 Å². The number of carbonyl (C=O) groups excluding carboxylic acids is 1. The van der Waals surface area contributed by atoms with Gasteiger partial charge in [-0.25, -0.2) is 0 Å². The third-order valence-electron chi connectivity index (χ3n) is 2.10. The van der Waals surface area contributed by atoms with Crippen LogP contribution >= 0.6 is 0 Å². The van der Waals surface area contributed by atoms with Crippen LogP contribution in [0.5, 0.6) is 0 Å². The Bertz CT molecular complexity index is 535. The summed E-state index contributed by atoms with van der Waals surface area (Å²) in [6, 6.07) is 5.24. The lowest BCUT2D eigenvalue weighted by molar-refractivity contribution is 0.0998. The molecule has 2 aromatic heterocycles. The van der Waals surface area contributed by atoms with Crippen LogP contribution in [0.4, 0.5) is 0 Å². The number of azide groups is 1. The van der Waals surface area contributed by atoms with Crippen LogP contribution in [-0.4, -0.2) is 10.5 Å². The molecular formula is C10H8N4O2. The van der Waals surface area contributed by atoms with E-state index >= 15 is 0 Å². The third kappa shape index (κ3) is 1.97. The molecule has 0 spiro atoms. The first-order valence-electron chi connectivity index (χ1n) is 4.58. The zero-order valence-electron chi connectivity index (χ0n) is 8.28. The van der Waals surface area contributed by atoms with Gasteiger partial charge in [-0.3, -0.25) is 4.79 Å². The number of furan rings is 1. The molecule has 1 amide bonds. The SMILES string of the molecule is [N-]=[N+]=NC(=O)c1ccoc1Cn1cccc1. The minimum atomic E-state index is -0.626. The van der Waals surface area contributed by atoms with Gasteiger partial charge in [0.05, 0.1) is 18.4 Å². The van der Waals surface area contributed by atoms with Gasteiger partial charge in [0, 0.05) is 17.3 Å². The van der Waals surface area contributed by atoms with Gasteiger partial charge in [0.25, 0.3) is 5.91 Å². The summed E-state index contributed by atoms with van der Waals surface area (Å²) in [6.45, 7) is 0.433. The van der Waals surface area contributed by atoms with Gasteiger partial charge in [-0.15, -0.1) is 0 Å². The molecule has 2 rings (SSSR count). The van der Waals surface area contributed by atoms with E-state index in [4.69, 9.17) is 9.95 Å². The Morgan fingerprint density at radius 2 is 2.25 bits per heavy atom. The molecule has 0 saturated carbocycles. The fourth-order valence-corrected chi connectivity index (χ4v) is 1.39. The van der Waals surface area contributed by atoms with E-state index < -0.39 is 5.91 Å². The molecule has 80 valence electrons. The maximum absolute atomic E-state index is 11.4. The molecule has 16 heavy (non-hydrogen) atoms. The highest BCUT2D eigenvalue weighted by Crippen LogP contribution is 2.13. The molecule has 0 unspecified atom stereocenters. The molecule has 0 radical (unpaired) electrons. The van der Waals surface area contributed by atoms with Gasteiger partial charge in [0.1, 0.15) is 5.76 Å². The monoisotopic (exact) mass is 216 g/mol. The van der Waals surface area contributed by atoms with Crippen LogP contribution in [0.2, 0.25) is 0 Å². The molecule has 0 aromatic carbocycles. The standard InChI is InChI=1S/C10H8N4O2/c11-13-12-10(15)8-3-6-16-9(8)7-14-4-1-2-5-14/h1-6H,7H2. The van der Waals surface area contributed by atoms with E-state index in [0.717, 1.165) is 0 Å². The van der Waals surface area contributed by atoms with E-state index in [0.29, 0.717) is 17.9 Å². The minimum absolute atomic E-state index is 0.298. The van der Waals surface area contributed by atoms with Gasteiger partial charge >= 0.3 is 0 Å². The molecule has 0 aliphatic carbocycles. The number of aromatic nitrogens is 1. The van der Waals surface area contributed by atoms with Gasteiger partial charge in [-0.05, 0) is 28.8 Å². The Balaban J connectivity index is 2.26. The van der Waals surface area contributed by atoms with Crippen LogP contribution in [-0.2, 0) is 6.54 Å². The molecule has 6 nitrogen and oxygen atoms in total.